The number of hydrogen-bond acceptors (Lipinski definition) is 6. The molecule has 140 valence electrons. The van der Waals surface area contributed by atoms with Crippen LogP contribution in [0.25, 0.3) is 0 Å². The zero-order valence-electron chi connectivity index (χ0n) is 14.6. The summed E-state index contributed by atoms with van der Waals surface area (Å²) in [4.78, 5) is 8.40. The van der Waals surface area contributed by atoms with Crippen LogP contribution in [-0.2, 0) is 0 Å². The van der Waals surface area contributed by atoms with Crippen molar-refractivity contribution in [2.24, 2.45) is 0 Å². The third kappa shape index (κ3) is 4.11. The van der Waals surface area contributed by atoms with Crippen molar-refractivity contribution < 1.29 is 4.39 Å². The highest BCUT2D eigenvalue weighted by Crippen LogP contribution is 2.39. The molecule has 1 saturated carbocycles. The highest BCUT2D eigenvalue weighted by atomic mass is 35.5. The number of rotatable bonds is 6. The predicted molar refractivity (Wildman–Crippen MR) is 104 cm³/mol. The van der Waals surface area contributed by atoms with E-state index in [0.717, 1.165) is 11.3 Å². The summed E-state index contributed by atoms with van der Waals surface area (Å²) >= 11 is 6.13. The van der Waals surface area contributed by atoms with Gasteiger partial charge in [-0.3, -0.25) is 5.10 Å². The Balaban J connectivity index is 1.50. The number of nitrogens with two attached hydrogens (primary N) is 1. The van der Waals surface area contributed by atoms with E-state index >= 15 is 0 Å². The van der Waals surface area contributed by atoms with Crippen molar-refractivity contribution in [3.05, 3.63) is 52.4 Å². The molecule has 4 rings (SSSR count). The van der Waals surface area contributed by atoms with E-state index in [1.807, 2.05) is 13.0 Å². The molecule has 0 spiro atoms. The summed E-state index contributed by atoms with van der Waals surface area (Å²) in [5, 5.41) is 14.0. The first-order chi connectivity index (χ1) is 13.0. The Bertz CT molecular complexity index is 970. The first-order valence-corrected chi connectivity index (χ1v) is 9.04. The van der Waals surface area contributed by atoms with Gasteiger partial charge in [0.05, 0.1) is 6.04 Å². The molecule has 9 heteroatoms. The van der Waals surface area contributed by atoms with Crippen LogP contribution in [0, 0.1) is 5.82 Å². The van der Waals surface area contributed by atoms with Crippen LogP contribution in [0.3, 0.4) is 0 Å². The molecule has 0 radical (unpaired) electrons. The lowest BCUT2D eigenvalue weighted by molar-refractivity contribution is 0.626. The standard InChI is InChI=1S/C18H19ClFN7/c1-9(12-5-4-11(20)6-13(12)19)22-15-8-16(25-18(21)24-15)23-17-7-14(26-27-17)10-2-3-10/h4-10H,2-3H2,1H3,(H5,21,22,23,24,25,26,27)/t9-/m1/s1. The molecular formula is C18H19ClFN7. The monoisotopic (exact) mass is 387 g/mol. The van der Waals surface area contributed by atoms with Crippen LogP contribution in [0.4, 0.5) is 27.8 Å². The van der Waals surface area contributed by atoms with Gasteiger partial charge in [0.15, 0.2) is 5.82 Å². The third-order valence-corrected chi connectivity index (χ3v) is 4.74. The summed E-state index contributed by atoms with van der Waals surface area (Å²) < 4.78 is 13.2. The Morgan fingerprint density at radius 3 is 2.70 bits per heavy atom. The lowest BCUT2D eigenvalue weighted by Crippen LogP contribution is -2.11. The maximum atomic E-state index is 13.2. The fourth-order valence-corrected chi connectivity index (χ4v) is 3.22. The van der Waals surface area contributed by atoms with Crippen molar-refractivity contribution >= 4 is 35.0 Å². The number of aromatic amines is 1. The highest BCUT2D eigenvalue weighted by Gasteiger charge is 2.25. The maximum absolute atomic E-state index is 13.2. The minimum Gasteiger partial charge on any atom is -0.368 e. The van der Waals surface area contributed by atoms with Crippen molar-refractivity contribution in [1.29, 1.82) is 0 Å². The van der Waals surface area contributed by atoms with Crippen LogP contribution in [0.15, 0.2) is 30.3 Å². The SMILES string of the molecule is C[C@@H](Nc1cc(Nc2cc(C3CC3)[nH]n2)nc(N)n1)c1ccc(F)cc1Cl. The Labute approximate surface area is 160 Å². The minimum absolute atomic E-state index is 0.123. The molecule has 0 unspecified atom stereocenters. The van der Waals surface area contributed by atoms with Crippen LogP contribution in [0.5, 0.6) is 0 Å². The summed E-state index contributed by atoms with van der Waals surface area (Å²) in [6.07, 6.45) is 2.39. The Morgan fingerprint density at radius 1 is 1.19 bits per heavy atom. The number of aromatic nitrogens is 4. The number of nitrogens with zero attached hydrogens (tertiary/aromatic N) is 3. The molecule has 27 heavy (non-hydrogen) atoms. The van der Waals surface area contributed by atoms with Crippen LogP contribution < -0.4 is 16.4 Å². The third-order valence-electron chi connectivity index (χ3n) is 4.41. The van der Waals surface area contributed by atoms with Gasteiger partial charge in [0.25, 0.3) is 0 Å². The van der Waals surface area contributed by atoms with Crippen LogP contribution in [0.1, 0.15) is 43.0 Å². The van der Waals surface area contributed by atoms with Gasteiger partial charge in [-0.1, -0.05) is 17.7 Å². The fraction of sp³-hybridized carbons (Fsp3) is 0.278. The number of benzene rings is 1. The van der Waals surface area contributed by atoms with Gasteiger partial charge < -0.3 is 16.4 Å². The van der Waals surface area contributed by atoms with Gasteiger partial charge in [-0.15, -0.1) is 0 Å². The number of hydrogen-bond donors (Lipinski definition) is 4. The molecule has 1 aliphatic carbocycles. The van der Waals surface area contributed by atoms with Gasteiger partial charge in [-0.05, 0) is 37.5 Å². The number of H-pyrrole nitrogens is 1. The van der Waals surface area contributed by atoms with Gasteiger partial charge in [0.2, 0.25) is 5.95 Å². The van der Waals surface area contributed by atoms with E-state index in [2.05, 4.69) is 30.8 Å². The predicted octanol–water partition coefficient (Wildman–Crippen LogP) is 4.37. The minimum atomic E-state index is -0.377. The second kappa shape index (κ2) is 7.03. The van der Waals surface area contributed by atoms with Gasteiger partial charge in [0, 0.05) is 28.8 Å². The number of halogens is 2. The normalized spacial score (nSPS) is 14.8. The first-order valence-electron chi connectivity index (χ1n) is 8.66. The van der Waals surface area contributed by atoms with Crippen molar-refractivity contribution in [2.45, 2.75) is 31.7 Å². The molecule has 0 saturated heterocycles. The summed E-state index contributed by atoms with van der Waals surface area (Å²) in [5.41, 5.74) is 7.71. The zero-order chi connectivity index (χ0) is 19.0. The average molecular weight is 388 g/mol. The first kappa shape index (κ1) is 17.5. The largest absolute Gasteiger partial charge is 0.368 e. The lowest BCUT2D eigenvalue weighted by Gasteiger charge is -2.17. The summed E-state index contributed by atoms with van der Waals surface area (Å²) in [6, 6.07) is 7.80. The molecule has 2 aromatic heterocycles. The molecule has 0 amide bonds. The molecular weight excluding hydrogens is 369 g/mol. The molecule has 3 aromatic rings. The fourth-order valence-electron chi connectivity index (χ4n) is 2.89. The Morgan fingerprint density at radius 2 is 1.96 bits per heavy atom. The summed E-state index contributed by atoms with van der Waals surface area (Å²) in [5.74, 6) is 2.06. The van der Waals surface area contributed by atoms with Crippen molar-refractivity contribution in [1.82, 2.24) is 20.2 Å². The quantitative estimate of drug-likeness (QED) is 0.500. The van der Waals surface area contributed by atoms with Gasteiger partial charge >= 0.3 is 0 Å². The van der Waals surface area contributed by atoms with Crippen LogP contribution in [-0.4, -0.2) is 20.2 Å². The second-order valence-electron chi connectivity index (χ2n) is 6.64. The molecule has 1 atom stereocenters. The Kier molecular flexibility index (Phi) is 4.57. The average Bonchev–Trinajstić information content (AvgIpc) is 3.34. The van der Waals surface area contributed by atoms with Crippen molar-refractivity contribution in [3.63, 3.8) is 0 Å². The van der Waals surface area contributed by atoms with E-state index in [1.165, 1.54) is 25.0 Å². The van der Waals surface area contributed by atoms with E-state index in [-0.39, 0.29) is 17.8 Å². The molecule has 7 nitrogen and oxygen atoms in total. The zero-order valence-corrected chi connectivity index (χ0v) is 15.4. The topological polar surface area (TPSA) is 105 Å². The van der Waals surface area contributed by atoms with Gasteiger partial charge in [-0.25, -0.2) is 4.39 Å². The molecule has 1 fully saturated rings. The molecule has 1 aromatic carbocycles. The van der Waals surface area contributed by atoms with Crippen LogP contribution >= 0.6 is 11.6 Å². The van der Waals surface area contributed by atoms with E-state index < -0.39 is 0 Å². The maximum Gasteiger partial charge on any atom is 0.223 e. The molecule has 0 bridgehead atoms. The summed E-state index contributed by atoms with van der Waals surface area (Å²) in [7, 11) is 0. The Hall–Kier alpha value is -2.87. The van der Waals surface area contributed by atoms with Crippen molar-refractivity contribution in [2.75, 3.05) is 16.4 Å². The smallest absolute Gasteiger partial charge is 0.223 e. The highest BCUT2D eigenvalue weighted by molar-refractivity contribution is 6.31. The van der Waals surface area contributed by atoms with Crippen LogP contribution in [0.2, 0.25) is 5.02 Å². The van der Waals surface area contributed by atoms with Crippen molar-refractivity contribution in [3.8, 4) is 0 Å². The molecule has 1 aliphatic rings. The number of anilines is 4. The number of nitrogen functional groups attached to an aromatic ring is 1. The van der Waals surface area contributed by atoms with Gasteiger partial charge in [0.1, 0.15) is 17.5 Å². The van der Waals surface area contributed by atoms with E-state index in [9.17, 15) is 4.39 Å². The molecule has 5 N–H and O–H groups in total. The van der Waals surface area contributed by atoms with E-state index in [1.54, 1.807) is 12.1 Å². The van der Waals surface area contributed by atoms with E-state index in [4.69, 9.17) is 17.3 Å². The summed E-state index contributed by atoms with van der Waals surface area (Å²) in [6.45, 7) is 1.90. The van der Waals surface area contributed by atoms with Gasteiger partial charge in [-0.2, -0.15) is 15.1 Å². The van der Waals surface area contributed by atoms with E-state index in [0.29, 0.717) is 28.4 Å². The second-order valence-corrected chi connectivity index (χ2v) is 7.04. The molecule has 0 aliphatic heterocycles. The molecule has 2 heterocycles. The lowest BCUT2D eigenvalue weighted by atomic mass is 10.1. The number of nitrogens with one attached hydrogen (secondary N) is 3.